The Kier molecular flexibility index (Phi) is 9.66. The highest BCUT2D eigenvalue weighted by Crippen LogP contribution is 2.50. The molecule has 0 radical (unpaired) electrons. The van der Waals surface area contributed by atoms with Crippen molar-refractivity contribution < 1.29 is 0 Å². The van der Waals surface area contributed by atoms with Crippen LogP contribution in [0.4, 0.5) is 0 Å². The van der Waals surface area contributed by atoms with E-state index in [2.05, 4.69) is 284 Å². The van der Waals surface area contributed by atoms with E-state index in [4.69, 9.17) is 19.9 Å². The Balaban J connectivity index is 0.730. The van der Waals surface area contributed by atoms with Gasteiger partial charge in [-0.2, -0.15) is 4.98 Å². The molecule has 0 saturated carbocycles. The summed E-state index contributed by atoms with van der Waals surface area (Å²) < 4.78 is 9.74. The quantitative estimate of drug-likeness (QED) is 0.171. The SMILES string of the molecule is c1ccc2cc(-c3nc(-c4ccc(-n5c6ccccc6c6cc7c8ccccc8n8c9cc%10ccccc%10cc9c(c65)c78)cc4)nc4c(-c5ccc6cc7c8c9c(cc%10c%11ccccc%11n(c7cc6c5)c%108)c5ccccc5n9-c5ncc6cccnc6n5)cccc34)ccc2c1. The molecule has 0 amide bonds. The molecule has 9 heteroatoms. The number of pyridine rings is 1. The lowest BCUT2D eigenvalue weighted by atomic mass is 9.95. The fourth-order valence-corrected chi connectivity index (χ4v) is 16.9. The highest BCUT2D eigenvalue weighted by molar-refractivity contribution is 6.37. The van der Waals surface area contributed by atoms with E-state index in [1.807, 2.05) is 18.3 Å². The zero-order valence-electron chi connectivity index (χ0n) is 51.2. The van der Waals surface area contributed by atoms with E-state index >= 15 is 0 Å². The molecule has 9 nitrogen and oxygen atoms in total. The molecule has 0 fully saturated rings. The normalized spacial score (nSPS) is 12.6. The van der Waals surface area contributed by atoms with Crippen molar-refractivity contribution in [1.82, 2.24) is 42.9 Å². The van der Waals surface area contributed by atoms with Crippen LogP contribution in [0.1, 0.15) is 0 Å². The van der Waals surface area contributed by atoms with Gasteiger partial charge in [0.1, 0.15) is 0 Å². The van der Waals surface area contributed by atoms with Crippen molar-refractivity contribution in [2.24, 2.45) is 0 Å². The molecule has 9 aromatic heterocycles. The second-order valence-electron chi connectivity index (χ2n) is 25.9. The Morgan fingerprint density at radius 3 is 1.46 bits per heavy atom. The molecule has 0 aliphatic rings. The molecule has 0 spiro atoms. The van der Waals surface area contributed by atoms with Gasteiger partial charge in [-0.1, -0.05) is 164 Å². The molecule has 23 rings (SSSR count). The Morgan fingerprint density at radius 1 is 0.271 bits per heavy atom. The molecule has 0 unspecified atom stereocenters. The van der Waals surface area contributed by atoms with Crippen molar-refractivity contribution >= 4 is 174 Å². The van der Waals surface area contributed by atoms with Gasteiger partial charge in [0, 0.05) is 110 Å². The zero-order chi connectivity index (χ0) is 62.2. The summed E-state index contributed by atoms with van der Waals surface area (Å²) in [6, 6.07) is 100. The molecule has 0 aliphatic carbocycles. The maximum absolute atomic E-state index is 5.68. The summed E-state index contributed by atoms with van der Waals surface area (Å²) in [6.07, 6.45) is 3.69. The van der Waals surface area contributed by atoms with Crippen molar-refractivity contribution in [3.8, 4) is 45.4 Å². The van der Waals surface area contributed by atoms with Gasteiger partial charge in [0.15, 0.2) is 11.5 Å². The third-order valence-corrected chi connectivity index (χ3v) is 21.0. The summed E-state index contributed by atoms with van der Waals surface area (Å²) in [5, 5.41) is 23.5. The maximum atomic E-state index is 5.68. The minimum absolute atomic E-state index is 0.590. The van der Waals surface area contributed by atoms with Crippen molar-refractivity contribution in [3.05, 3.63) is 285 Å². The summed E-state index contributed by atoms with van der Waals surface area (Å²) in [5.41, 5.74) is 19.2. The minimum atomic E-state index is 0.590. The van der Waals surface area contributed by atoms with E-state index in [0.717, 1.165) is 98.9 Å². The standard InChI is InChI=1S/C87H47N9/c1-2-16-50-39-55(33-30-48(50)15-1)79-64-25-13-24-59(54-32-31-53-42-70-76(44-57(53)40-54)95-73-28-11-7-22-62(73)67-46-68-63-23-8-12-29-74(63)96(84(68)78(70)83(67)95)87-89-47-56-19-14-38-88-85(56)92-87)80(64)91-86(90-79)49-34-36-58(37-35-49)93-71-26-9-5-20-60(71)65-45-66-61-21-6-10-27-72(61)94-75-43-52-18-4-3-17-51(52)41-69(75)77(81(65)93)82(66)94/h1-47H. The monoisotopic (exact) mass is 1220 g/mol. The lowest BCUT2D eigenvalue weighted by Crippen LogP contribution is -2.01. The van der Waals surface area contributed by atoms with E-state index in [-0.39, 0.29) is 0 Å². The van der Waals surface area contributed by atoms with Crippen LogP contribution in [-0.2, 0) is 0 Å². The van der Waals surface area contributed by atoms with Gasteiger partial charge in [-0.05, 0) is 147 Å². The maximum Gasteiger partial charge on any atom is 0.236 e. The minimum Gasteiger partial charge on any atom is -0.309 e. The van der Waals surface area contributed by atoms with Gasteiger partial charge in [-0.3, -0.25) is 4.57 Å². The number of benzene rings is 14. The average Bonchev–Trinajstić information content (AvgIpc) is 1.52. The van der Waals surface area contributed by atoms with Crippen molar-refractivity contribution in [2.75, 3.05) is 0 Å². The van der Waals surface area contributed by atoms with E-state index in [1.165, 1.54) is 103 Å². The largest absolute Gasteiger partial charge is 0.309 e. The Bertz CT molecular complexity index is 7390. The second kappa shape index (κ2) is 18.3. The number of fused-ring (bicyclic) bond motifs is 25. The van der Waals surface area contributed by atoms with Crippen LogP contribution in [0.5, 0.6) is 0 Å². The first-order valence-electron chi connectivity index (χ1n) is 32.7. The zero-order valence-corrected chi connectivity index (χ0v) is 51.2. The van der Waals surface area contributed by atoms with Gasteiger partial charge < -0.3 is 13.4 Å². The van der Waals surface area contributed by atoms with Gasteiger partial charge in [-0.15, -0.1) is 0 Å². The van der Waals surface area contributed by atoms with Gasteiger partial charge in [0.05, 0.1) is 66.4 Å². The van der Waals surface area contributed by atoms with Crippen LogP contribution >= 0.6 is 0 Å². The predicted molar refractivity (Wildman–Crippen MR) is 397 cm³/mol. The van der Waals surface area contributed by atoms with Gasteiger partial charge in [-0.25, -0.2) is 19.9 Å². The summed E-state index contributed by atoms with van der Waals surface area (Å²) >= 11 is 0. The van der Waals surface area contributed by atoms with Crippen LogP contribution in [-0.4, -0.2) is 42.9 Å². The van der Waals surface area contributed by atoms with E-state index in [0.29, 0.717) is 17.4 Å². The van der Waals surface area contributed by atoms with Crippen LogP contribution in [0.3, 0.4) is 0 Å². The van der Waals surface area contributed by atoms with Crippen molar-refractivity contribution in [2.45, 2.75) is 0 Å². The van der Waals surface area contributed by atoms with E-state index in [9.17, 15) is 0 Å². The molecular weight excluding hydrogens is 1170 g/mol. The Labute approximate surface area is 544 Å². The first-order valence-corrected chi connectivity index (χ1v) is 32.7. The molecule has 0 bridgehead atoms. The fraction of sp³-hybridized carbons (Fsp3) is 0. The number of nitrogens with zero attached hydrogens (tertiary/aromatic N) is 9. The summed E-state index contributed by atoms with van der Waals surface area (Å²) in [6.45, 7) is 0. The molecule has 0 aliphatic heterocycles. The second-order valence-corrected chi connectivity index (χ2v) is 25.9. The van der Waals surface area contributed by atoms with Crippen LogP contribution in [0.15, 0.2) is 285 Å². The molecule has 0 N–H and O–H groups in total. The van der Waals surface area contributed by atoms with Crippen molar-refractivity contribution in [1.29, 1.82) is 0 Å². The smallest absolute Gasteiger partial charge is 0.236 e. The van der Waals surface area contributed by atoms with Gasteiger partial charge in [0.25, 0.3) is 0 Å². The Morgan fingerprint density at radius 2 is 0.771 bits per heavy atom. The van der Waals surface area contributed by atoms with Gasteiger partial charge >= 0.3 is 0 Å². The first kappa shape index (κ1) is 50.5. The number of hydrogen-bond donors (Lipinski definition) is 0. The molecule has 440 valence electrons. The predicted octanol–water partition coefficient (Wildman–Crippen LogP) is 21.9. The number of para-hydroxylation sites is 5. The third-order valence-electron chi connectivity index (χ3n) is 21.0. The van der Waals surface area contributed by atoms with Crippen LogP contribution in [0.2, 0.25) is 0 Å². The van der Waals surface area contributed by atoms with Gasteiger partial charge in [0.2, 0.25) is 5.95 Å². The molecule has 0 atom stereocenters. The average molecular weight is 1220 g/mol. The summed E-state index contributed by atoms with van der Waals surface area (Å²) in [7, 11) is 0. The number of hydrogen-bond acceptors (Lipinski definition) is 5. The summed E-state index contributed by atoms with van der Waals surface area (Å²) in [4.78, 5) is 26.1. The third kappa shape index (κ3) is 6.64. The van der Waals surface area contributed by atoms with Crippen LogP contribution in [0.25, 0.3) is 219 Å². The highest BCUT2D eigenvalue weighted by Gasteiger charge is 2.28. The highest BCUT2D eigenvalue weighted by atomic mass is 15.2. The lowest BCUT2D eigenvalue weighted by molar-refractivity contribution is 1.00. The number of rotatable bonds is 5. The van der Waals surface area contributed by atoms with E-state index in [1.54, 1.807) is 6.20 Å². The summed E-state index contributed by atoms with van der Waals surface area (Å²) in [5.74, 6) is 1.25. The van der Waals surface area contributed by atoms with E-state index < -0.39 is 0 Å². The van der Waals surface area contributed by atoms with Crippen LogP contribution < -0.4 is 0 Å². The lowest BCUT2D eigenvalue weighted by Gasteiger charge is -2.14. The van der Waals surface area contributed by atoms with Crippen LogP contribution in [0, 0.1) is 0 Å². The van der Waals surface area contributed by atoms with Crippen molar-refractivity contribution in [3.63, 3.8) is 0 Å². The Hall–Kier alpha value is -13.1. The molecule has 9 heterocycles. The topological polar surface area (TPSA) is 83.1 Å². The molecule has 96 heavy (non-hydrogen) atoms. The molecule has 0 saturated heterocycles. The molecule has 23 aromatic rings. The number of aromatic nitrogens is 9. The first-order chi connectivity index (χ1) is 47.6. The molecular formula is C87H47N9. The molecule has 14 aromatic carbocycles. The fourth-order valence-electron chi connectivity index (χ4n) is 16.9.